The van der Waals surface area contributed by atoms with Gasteiger partial charge in [0.1, 0.15) is 0 Å². The molecule has 4 heteroatoms. The van der Waals surface area contributed by atoms with Crippen molar-refractivity contribution in [3.8, 4) is 0 Å². The highest BCUT2D eigenvalue weighted by Crippen LogP contribution is 2.39. The highest BCUT2D eigenvalue weighted by Gasteiger charge is 2.41. The van der Waals surface area contributed by atoms with Crippen molar-refractivity contribution in [2.24, 2.45) is 10.7 Å². The van der Waals surface area contributed by atoms with Crippen LogP contribution in [-0.2, 0) is 5.54 Å². The maximum atomic E-state index is 6.40. The molecule has 1 heterocycles. The molecule has 1 aliphatic heterocycles. The van der Waals surface area contributed by atoms with Crippen molar-refractivity contribution in [3.63, 3.8) is 0 Å². The van der Waals surface area contributed by atoms with Gasteiger partial charge in [-0.15, -0.1) is 0 Å². The summed E-state index contributed by atoms with van der Waals surface area (Å²) in [6.07, 6.45) is 0. The number of rotatable bonds is 2. The van der Waals surface area contributed by atoms with E-state index in [0.717, 1.165) is 16.3 Å². The molecule has 3 nitrogen and oxygen atoms in total. The van der Waals surface area contributed by atoms with Crippen LogP contribution in [0, 0.1) is 6.92 Å². The number of hydrogen-bond donors (Lipinski definition) is 1. The summed E-state index contributed by atoms with van der Waals surface area (Å²) in [5.41, 5.74) is 9.06. The lowest BCUT2D eigenvalue weighted by Gasteiger charge is -2.37. The number of aliphatic imine (C=N–C) groups is 1. The van der Waals surface area contributed by atoms with Crippen LogP contribution in [0.1, 0.15) is 18.1 Å². The molecule has 0 aliphatic carbocycles. The highest BCUT2D eigenvalue weighted by molar-refractivity contribution is 6.31. The van der Waals surface area contributed by atoms with E-state index in [1.54, 1.807) is 0 Å². The number of hydrogen-bond acceptors (Lipinski definition) is 3. The number of benzene rings is 2. The van der Waals surface area contributed by atoms with E-state index in [0.29, 0.717) is 12.5 Å². The van der Waals surface area contributed by atoms with Crippen molar-refractivity contribution >= 4 is 23.2 Å². The average Bonchev–Trinajstić information content (AvgIpc) is 2.77. The molecule has 3 rings (SSSR count). The molecular weight excluding hydrogens is 282 g/mol. The maximum absolute atomic E-state index is 6.40. The molecular formula is C17H18ClN3. The van der Waals surface area contributed by atoms with Gasteiger partial charge in [0.2, 0.25) is 0 Å². The Morgan fingerprint density at radius 2 is 1.81 bits per heavy atom. The fraction of sp³-hybridized carbons (Fsp3) is 0.235. The zero-order valence-electron chi connectivity index (χ0n) is 12.2. The van der Waals surface area contributed by atoms with Gasteiger partial charge < -0.3 is 10.6 Å². The van der Waals surface area contributed by atoms with Gasteiger partial charge in [0.25, 0.3) is 0 Å². The second-order valence-electron chi connectivity index (χ2n) is 5.60. The molecule has 1 aliphatic rings. The SMILES string of the molecule is Cc1ccc(N2C(N)=NCC2(C)c2ccccc2Cl)cc1. The van der Waals surface area contributed by atoms with Gasteiger partial charge >= 0.3 is 0 Å². The minimum Gasteiger partial charge on any atom is -0.369 e. The van der Waals surface area contributed by atoms with Gasteiger partial charge in [-0.2, -0.15) is 0 Å². The minimum absolute atomic E-state index is 0.363. The quantitative estimate of drug-likeness (QED) is 0.918. The van der Waals surface area contributed by atoms with Crippen molar-refractivity contribution in [1.29, 1.82) is 0 Å². The molecule has 0 spiro atoms. The lowest BCUT2D eigenvalue weighted by atomic mass is 9.90. The zero-order valence-corrected chi connectivity index (χ0v) is 12.9. The van der Waals surface area contributed by atoms with Gasteiger partial charge in [0.05, 0.1) is 12.1 Å². The van der Waals surface area contributed by atoms with Gasteiger partial charge in [-0.3, -0.25) is 4.99 Å². The van der Waals surface area contributed by atoms with Crippen LogP contribution in [-0.4, -0.2) is 12.5 Å². The molecule has 108 valence electrons. The first-order valence-electron chi connectivity index (χ1n) is 6.94. The van der Waals surface area contributed by atoms with Crippen molar-refractivity contribution in [2.75, 3.05) is 11.4 Å². The van der Waals surface area contributed by atoms with Gasteiger partial charge in [-0.25, -0.2) is 0 Å². The first-order chi connectivity index (χ1) is 10.0. The highest BCUT2D eigenvalue weighted by atomic mass is 35.5. The van der Waals surface area contributed by atoms with Gasteiger partial charge in [-0.05, 0) is 37.6 Å². The fourth-order valence-corrected chi connectivity index (χ4v) is 3.18. The Balaban J connectivity index is 2.10. The van der Waals surface area contributed by atoms with Gasteiger partial charge in [-0.1, -0.05) is 47.5 Å². The van der Waals surface area contributed by atoms with E-state index < -0.39 is 0 Å². The molecule has 0 fully saturated rings. The molecule has 0 radical (unpaired) electrons. The molecule has 0 saturated heterocycles. The van der Waals surface area contributed by atoms with Crippen molar-refractivity contribution in [1.82, 2.24) is 0 Å². The van der Waals surface area contributed by atoms with Gasteiger partial charge in [0.15, 0.2) is 5.96 Å². The van der Waals surface area contributed by atoms with E-state index in [1.807, 2.05) is 24.3 Å². The first-order valence-corrected chi connectivity index (χ1v) is 7.32. The topological polar surface area (TPSA) is 41.6 Å². The maximum Gasteiger partial charge on any atom is 0.196 e. The summed E-state index contributed by atoms with van der Waals surface area (Å²) < 4.78 is 0. The van der Waals surface area contributed by atoms with E-state index in [2.05, 4.69) is 48.0 Å². The number of aryl methyl sites for hydroxylation is 1. The van der Waals surface area contributed by atoms with Crippen LogP contribution in [0.25, 0.3) is 0 Å². The molecule has 2 aromatic rings. The Hall–Kier alpha value is -2.00. The third kappa shape index (κ3) is 2.28. The van der Waals surface area contributed by atoms with Crippen LogP contribution in [0.2, 0.25) is 5.02 Å². The number of nitrogens with zero attached hydrogens (tertiary/aromatic N) is 2. The van der Waals surface area contributed by atoms with Gasteiger partial charge in [0, 0.05) is 10.7 Å². The smallest absolute Gasteiger partial charge is 0.196 e. The zero-order chi connectivity index (χ0) is 15.0. The monoisotopic (exact) mass is 299 g/mol. The van der Waals surface area contributed by atoms with E-state index in [4.69, 9.17) is 17.3 Å². The fourth-order valence-electron chi connectivity index (χ4n) is 2.84. The number of nitrogens with two attached hydrogens (primary N) is 1. The summed E-state index contributed by atoms with van der Waals surface area (Å²) >= 11 is 6.40. The van der Waals surface area contributed by atoms with Crippen LogP contribution in [0.5, 0.6) is 0 Å². The molecule has 0 amide bonds. The predicted octanol–water partition coefficient (Wildman–Crippen LogP) is 3.70. The van der Waals surface area contributed by atoms with Crippen molar-refractivity contribution < 1.29 is 0 Å². The Labute approximate surface area is 130 Å². The van der Waals surface area contributed by atoms with Crippen LogP contribution in [0.4, 0.5) is 5.69 Å². The standard InChI is InChI=1S/C17H18ClN3/c1-12-7-9-13(10-8-12)21-16(19)20-11-17(21,2)14-5-3-4-6-15(14)18/h3-10H,11H2,1-2H3,(H2,19,20). The normalized spacial score (nSPS) is 21.5. The van der Waals surface area contributed by atoms with E-state index in [1.165, 1.54) is 5.56 Å². The van der Waals surface area contributed by atoms with Crippen LogP contribution in [0.3, 0.4) is 0 Å². The van der Waals surface area contributed by atoms with Crippen LogP contribution in [0.15, 0.2) is 53.5 Å². The third-order valence-corrected chi connectivity index (χ3v) is 4.35. The Bertz CT molecular complexity index is 693. The molecule has 0 saturated carbocycles. The molecule has 2 aromatic carbocycles. The number of guanidine groups is 1. The Morgan fingerprint density at radius 1 is 1.14 bits per heavy atom. The van der Waals surface area contributed by atoms with Crippen molar-refractivity contribution in [3.05, 3.63) is 64.7 Å². The average molecular weight is 300 g/mol. The molecule has 2 N–H and O–H groups in total. The lowest BCUT2D eigenvalue weighted by Crippen LogP contribution is -2.47. The van der Waals surface area contributed by atoms with Crippen LogP contribution < -0.4 is 10.6 Å². The largest absolute Gasteiger partial charge is 0.369 e. The molecule has 1 unspecified atom stereocenters. The molecule has 0 bridgehead atoms. The summed E-state index contributed by atoms with van der Waals surface area (Å²) in [6.45, 7) is 4.78. The molecule has 21 heavy (non-hydrogen) atoms. The Morgan fingerprint density at radius 3 is 2.48 bits per heavy atom. The second-order valence-corrected chi connectivity index (χ2v) is 6.01. The third-order valence-electron chi connectivity index (χ3n) is 4.02. The summed E-state index contributed by atoms with van der Waals surface area (Å²) in [4.78, 5) is 6.51. The minimum atomic E-state index is -0.363. The summed E-state index contributed by atoms with van der Waals surface area (Å²) in [7, 11) is 0. The molecule has 0 aromatic heterocycles. The molecule has 1 atom stereocenters. The summed E-state index contributed by atoms with van der Waals surface area (Å²) in [5.74, 6) is 0.529. The second kappa shape index (κ2) is 5.08. The van der Waals surface area contributed by atoms with Crippen LogP contribution >= 0.6 is 11.6 Å². The number of halogens is 1. The summed E-state index contributed by atoms with van der Waals surface area (Å²) in [5, 5.41) is 0.738. The van der Waals surface area contributed by atoms with E-state index in [-0.39, 0.29) is 5.54 Å². The summed E-state index contributed by atoms with van der Waals surface area (Å²) in [6, 6.07) is 16.2. The van der Waals surface area contributed by atoms with E-state index in [9.17, 15) is 0 Å². The first kappa shape index (κ1) is 14.0. The van der Waals surface area contributed by atoms with E-state index >= 15 is 0 Å². The van der Waals surface area contributed by atoms with Crippen molar-refractivity contribution in [2.45, 2.75) is 19.4 Å². The number of anilines is 1. The lowest BCUT2D eigenvalue weighted by molar-refractivity contribution is 0.533. The Kier molecular flexibility index (Phi) is 3.38. The predicted molar refractivity (Wildman–Crippen MR) is 89.0 cm³/mol.